The van der Waals surface area contributed by atoms with Gasteiger partial charge in [0.15, 0.2) is 5.84 Å². The molecule has 0 saturated heterocycles. The van der Waals surface area contributed by atoms with Gasteiger partial charge in [-0.05, 0) is 54.8 Å². The summed E-state index contributed by atoms with van der Waals surface area (Å²) in [4.78, 5) is 6.54. The number of nitrogens with zero attached hydrogens (tertiary/aromatic N) is 5. The first-order valence-corrected chi connectivity index (χ1v) is 12.7. The van der Waals surface area contributed by atoms with E-state index in [4.69, 9.17) is 11.1 Å². The van der Waals surface area contributed by atoms with Crippen molar-refractivity contribution in [3.8, 4) is 0 Å². The number of amidine groups is 1. The molecule has 0 saturated carbocycles. The van der Waals surface area contributed by atoms with Gasteiger partial charge in [0.05, 0.1) is 12.1 Å². The summed E-state index contributed by atoms with van der Waals surface area (Å²) < 4.78 is 1.47. The minimum atomic E-state index is 0.0819. The Morgan fingerprint density at radius 2 is 1.82 bits per heavy atom. The first kappa shape index (κ1) is 24.2. The molecule has 1 aromatic heterocycles. The summed E-state index contributed by atoms with van der Waals surface area (Å²) in [6, 6.07) is 22.1. The molecule has 194 valence electrons. The van der Waals surface area contributed by atoms with Crippen molar-refractivity contribution in [2.45, 2.75) is 13.8 Å². The summed E-state index contributed by atoms with van der Waals surface area (Å²) in [5.74, 6) is 0.955. The molecule has 0 amide bonds. The molecule has 9 nitrogen and oxygen atoms in total. The highest BCUT2D eigenvalue weighted by Gasteiger charge is 2.27. The maximum atomic E-state index is 8.98. The fraction of sp³-hybridized carbons (Fsp3) is 0.133. The van der Waals surface area contributed by atoms with Crippen molar-refractivity contribution < 1.29 is 0 Å². The molecule has 9 heteroatoms. The number of benzene rings is 3. The zero-order chi connectivity index (χ0) is 27.1. The molecule has 0 fully saturated rings. The van der Waals surface area contributed by atoms with Gasteiger partial charge in [-0.3, -0.25) is 5.41 Å². The van der Waals surface area contributed by atoms with Crippen LogP contribution in [0.25, 0.3) is 22.8 Å². The number of hydrogen-bond acceptors (Lipinski definition) is 8. The van der Waals surface area contributed by atoms with Gasteiger partial charge in [-0.15, -0.1) is 5.10 Å². The number of rotatable bonds is 5. The van der Waals surface area contributed by atoms with Crippen LogP contribution in [0.5, 0.6) is 0 Å². The van der Waals surface area contributed by atoms with Crippen molar-refractivity contribution in [1.82, 2.24) is 25.6 Å². The first-order chi connectivity index (χ1) is 18.9. The Bertz CT molecular complexity index is 1740. The van der Waals surface area contributed by atoms with Crippen molar-refractivity contribution in [3.63, 3.8) is 0 Å². The first-order valence-electron chi connectivity index (χ1n) is 12.7. The molecule has 6 rings (SSSR count). The molecule has 0 atom stereocenters. The fourth-order valence-electron chi connectivity index (χ4n) is 5.19. The van der Waals surface area contributed by atoms with Gasteiger partial charge in [0.1, 0.15) is 29.4 Å². The van der Waals surface area contributed by atoms with Crippen LogP contribution in [0.4, 0.5) is 5.69 Å². The second kappa shape index (κ2) is 9.60. The molecule has 39 heavy (non-hydrogen) atoms. The van der Waals surface area contributed by atoms with Gasteiger partial charge in [-0.1, -0.05) is 60.3 Å². The molecule has 2 aliphatic heterocycles. The van der Waals surface area contributed by atoms with Crippen LogP contribution < -0.4 is 21.3 Å². The standard InChI is InChI=1S/C30H29N9/c1-18-9-4-6-13-24(18)38-20(3)26-19(2)10-8-11-21(26)15-22(38)16-33-30-27(28(31)34-17-35-30)29(32)39-25-14-7-5-12-23(25)36-37-39/h4-15,32-33,35H,3,16-17H2,1-2H3,(H2,31,34). The summed E-state index contributed by atoms with van der Waals surface area (Å²) in [6.45, 7) is 9.48. The van der Waals surface area contributed by atoms with Crippen molar-refractivity contribution in [2.24, 2.45) is 10.7 Å². The second-order valence-electron chi connectivity index (χ2n) is 9.56. The van der Waals surface area contributed by atoms with E-state index in [9.17, 15) is 0 Å². The van der Waals surface area contributed by atoms with Crippen molar-refractivity contribution >= 4 is 40.2 Å². The Labute approximate surface area is 226 Å². The molecule has 0 bridgehead atoms. The third-order valence-corrected chi connectivity index (χ3v) is 7.09. The van der Waals surface area contributed by atoms with Crippen LogP contribution in [0.15, 0.2) is 95.4 Å². The minimum Gasteiger partial charge on any atom is -0.383 e. The quantitative estimate of drug-likeness (QED) is 0.234. The largest absolute Gasteiger partial charge is 0.383 e. The molecule has 0 aliphatic carbocycles. The van der Waals surface area contributed by atoms with E-state index in [0.717, 1.165) is 39.3 Å². The van der Waals surface area contributed by atoms with E-state index in [-0.39, 0.29) is 11.7 Å². The number of aromatic nitrogens is 3. The average Bonchev–Trinajstić information content (AvgIpc) is 3.36. The van der Waals surface area contributed by atoms with E-state index >= 15 is 0 Å². The molecule has 0 spiro atoms. The number of aryl methyl sites for hydroxylation is 2. The Hall–Kier alpha value is -5.18. The molecule has 5 N–H and O–H groups in total. The van der Waals surface area contributed by atoms with Crippen molar-refractivity contribution in [1.29, 1.82) is 5.41 Å². The summed E-state index contributed by atoms with van der Waals surface area (Å²) in [7, 11) is 0. The van der Waals surface area contributed by atoms with Gasteiger partial charge in [0.25, 0.3) is 0 Å². The Kier molecular flexibility index (Phi) is 5.95. The average molecular weight is 516 g/mol. The second-order valence-corrected chi connectivity index (χ2v) is 9.56. The predicted octanol–water partition coefficient (Wildman–Crippen LogP) is 4.12. The molecule has 0 unspecified atom stereocenters. The van der Waals surface area contributed by atoms with E-state index in [0.29, 0.717) is 30.1 Å². The highest BCUT2D eigenvalue weighted by atomic mass is 15.4. The number of nitrogens with one attached hydrogen (secondary N) is 3. The lowest BCUT2D eigenvalue weighted by molar-refractivity contribution is 0.698. The minimum absolute atomic E-state index is 0.0819. The number of hydrogen-bond donors (Lipinski definition) is 4. The van der Waals surface area contributed by atoms with Crippen LogP contribution in [0, 0.1) is 19.3 Å². The Morgan fingerprint density at radius 1 is 1.05 bits per heavy atom. The highest BCUT2D eigenvalue weighted by molar-refractivity contribution is 6.23. The number of para-hydroxylation sites is 2. The number of nitrogens with two attached hydrogens (primary N) is 1. The molecule has 0 radical (unpaired) electrons. The molecule has 4 aromatic rings. The zero-order valence-corrected chi connectivity index (χ0v) is 21.9. The zero-order valence-electron chi connectivity index (χ0n) is 21.9. The SMILES string of the molecule is C=C1c2c(C)cccc2C=C(CNC2=C(C(=N)n3nnc4ccccc43)C(N)=NCN2)N1c1ccccc1C. The molecule has 3 heterocycles. The topological polar surface area (TPSA) is 120 Å². The molecule has 2 aliphatic rings. The van der Waals surface area contributed by atoms with Crippen LogP contribution in [-0.2, 0) is 0 Å². The van der Waals surface area contributed by atoms with Gasteiger partial charge < -0.3 is 21.3 Å². The third kappa shape index (κ3) is 4.14. The van der Waals surface area contributed by atoms with Gasteiger partial charge in [-0.25, -0.2) is 4.99 Å². The van der Waals surface area contributed by atoms with Gasteiger partial charge in [0.2, 0.25) is 0 Å². The Morgan fingerprint density at radius 3 is 2.67 bits per heavy atom. The van der Waals surface area contributed by atoms with Gasteiger partial charge in [-0.2, -0.15) is 4.68 Å². The summed E-state index contributed by atoms with van der Waals surface area (Å²) in [5.41, 5.74) is 15.8. The third-order valence-electron chi connectivity index (χ3n) is 7.09. The van der Waals surface area contributed by atoms with Crippen LogP contribution in [0.1, 0.15) is 22.3 Å². The summed E-state index contributed by atoms with van der Waals surface area (Å²) in [6.07, 6.45) is 2.19. The van der Waals surface area contributed by atoms with Crippen LogP contribution in [0.3, 0.4) is 0 Å². The molecular weight excluding hydrogens is 486 g/mol. The van der Waals surface area contributed by atoms with E-state index in [1.807, 2.05) is 36.4 Å². The lowest BCUT2D eigenvalue weighted by Crippen LogP contribution is -2.42. The van der Waals surface area contributed by atoms with E-state index in [1.54, 1.807) is 0 Å². The normalized spacial score (nSPS) is 15.0. The fourth-order valence-corrected chi connectivity index (χ4v) is 5.19. The van der Waals surface area contributed by atoms with Crippen molar-refractivity contribution in [2.75, 3.05) is 18.1 Å². The highest BCUT2D eigenvalue weighted by Crippen LogP contribution is 2.39. The van der Waals surface area contributed by atoms with E-state index in [1.165, 1.54) is 10.2 Å². The van der Waals surface area contributed by atoms with E-state index in [2.05, 4.69) is 87.7 Å². The number of anilines is 1. The lowest BCUT2D eigenvalue weighted by Gasteiger charge is -2.36. The maximum absolute atomic E-state index is 8.98. The van der Waals surface area contributed by atoms with Crippen LogP contribution in [-0.4, -0.2) is 39.9 Å². The smallest absolute Gasteiger partial charge is 0.163 e. The van der Waals surface area contributed by atoms with Gasteiger partial charge in [0, 0.05) is 22.6 Å². The number of aliphatic imine (C=N–C) groups is 1. The van der Waals surface area contributed by atoms with Crippen LogP contribution >= 0.6 is 0 Å². The number of fused-ring (bicyclic) bond motifs is 2. The molecule has 3 aromatic carbocycles. The molecular formula is C30H29N9. The Balaban J connectivity index is 1.40. The monoisotopic (exact) mass is 515 g/mol. The van der Waals surface area contributed by atoms with Gasteiger partial charge >= 0.3 is 0 Å². The predicted molar refractivity (Wildman–Crippen MR) is 157 cm³/mol. The summed E-state index contributed by atoms with van der Waals surface area (Å²) >= 11 is 0. The van der Waals surface area contributed by atoms with E-state index < -0.39 is 0 Å². The van der Waals surface area contributed by atoms with Crippen LogP contribution in [0.2, 0.25) is 0 Å². The summed E-state index contributed by atoms with van der Waals surface area (Å²) in [5, 5.41) is 24.2. The lowest BCUT2D eigenvalue weighted by atomic mass is 9.93. The maximum Gasteiger partial charge on any atom is 0.163 e. The van der Waals surface area contributed by atoms with Crippen molar-refractivity contribution in [3.05, 3.63) is 113 Å².